The molecule has 1 aliphatic heterocycles. The third kappa shape index (κ3) is 3.62. The minimum Gasteiger partial charge on any atom is -0.361 e. The topological polar surface area (TPSA) is 57.4 Å². The zero-order chi connectivity index (χ0) is 14.5. The summed E-state index contributed by atoms with van der Waals surface area (Å²) in [4.78, 5) is 22.7. The number of fused-ring (bicyclic) bond motifs is 1. The summed E-state index contributed by atoms with van der Waals surface area (Å²) >= 11 is 0. The van der Waals surface area contributed by atoms with Gasteiger partial charge in [-0.2, -0.15) is 0 Å². The Morgan fingerprint density at radius 2 is 2.10 bits per heavy atom. The van der Waals surface area contributed by atoms with Gasteiger partial charge < -0.3 is 9.88 Å². The highest BCUT2D eigenvalue weighted by Crippen LogP contribution is 2.17. The van der Waals surface area contributed by atoms with Crippen molar-refractivity contribution < 1.29 is 9.63 Å². The summed E-state index contributed by atoms with van der Waals surface area (Å²) in [6.07, 6.45) is 4.75. The van der Waals surface area contributed by atoms with Gasteiger partial charge in [0.25, 0.3) is 0 Å². The first-order valence-electron chi connectivity index (χ1n) is 7.51. The molecule has 0 unspecified atom stereocenters. The molecule has 5 nitrogen and oxygen atoms in total. The molecular formula is C16H21N3O2. The van der Waals surface area contributed by atoms with Crippen LogP contribution < -0.4 is 5.48 Å². The summed E-state index contributed by atoms with van der Waals surface area (Å²) in [7, 11) is 0. The van der Waals surface area contributed by atoms with E-state index in [1.807, 2.05) is 30.5 Å². The van der Waals surface area contributed by atoms with Gasteiger partial charge in [-0.25, -0.2) is 5.48 Å². The number of H-pyrrole nitrogens is 1. The predicted octanol–water partition coefficient (Wildman–Crippen LogP) is 1.85. The van der Waals surface area contributed by atoms with Crippen molar-refractivity contribution in [2.45, 2.75) is 19.3 Å². The summed E-state index contributed by atoms with van der Waals surface area (Å²) in [5, 5.41) is 1.09. The Morgan fingerprint density at radius 3 is 2.95 bits per heavy atom. The van der Waals surface area contributed by atoms with E-state index >= 15 is 0 Å². The van der Waals surface area contributed by atoms with Gasteiger partial charge in [0.1, 0.15) is 0 Å². The number of nitrogens with one attached hydrogen (secondary N) is 2. The van der Waals surface area contributed by atoms with Crippen LogP contribution in [0.15, 0.2) is 30.5 Å². The Kier molecular flexibility index (Phi) is 4.52. The Bertz CT molecular complexity index is 602. The Balaban J connectivity index is 1.43. The quantitative estimate of drug-likeness (QED) is 0.630. The number of amides is 1. The van der Waals surface area contributed by atoms with Crippen molar-refractivity contribution in [3.8, 4) is 0 Å². The molecule has 0 radical (unpaired) electrons. The molecule has 0 atom stereocenters. The van der Waals surface area contributed by atoms with E-state index in [0.29, 0.717) is 13.0 Å². The minimum atomic E-state index is -0.110. The number of carbonyl (C=O) groups excluding carboxylic acids is 1. The minimum absolute atomic E-state index is 0.110. The molecular weight excluding hydrogens is 266 g/mol. The van der Waals surface area contributed by atoms with Gasteiger partial charge in [0, 0.05) is 23.6 Å². The van der Waals surface area contributed by atoms with Crippen molar-refractivity contribution in [3.63, 3.8) is 0 Å². The molecule has 0 saturated carbocycles. The lowest BCUT2D eigenvalue weighted by molar-refractivity contribution is -0.133. The van der Waals surface area contributed by atoms with Crippen LogP contribution in [0.1, 0.15) is 18.4 Å². The van der Waals surface area contributed by atoms with Gasteiger partial charge in [0.05, 0.1) is 13.0 Å². The highest BCUT2D eigenvalue weighted by Gasteiger charge is 2.11. The summed E-state index contributed by atoms with van der Waals surface area (Å²) in [6.45, 7) is 3.71. The summed E-state index contributed by atoms with van der Waals surface area (Å²) in [5.74, 6) is -0.110. The molecule has 2 N–H and O–H groups in total. The summed E-state index contributed by atoms with van der Waals surface area (Å²) < 4.78 is 0. The van der Waals surface area contributed by atoms with Gasteiger partial charge in [0.2, 0.25) is 5.91 Å². The van der Waals surface area contributed by atoms with E-state index in [2.05, 4.69) is 15.4 Å². The maximum Gasteiger partial charge on any atom is 0.248 e. The second kappa shape index (κ2) is 6.74. The number of para-hydroxylation sites is 1. The van der Waals surface area contributed by atoms with Crippen molar-refractivity contribution in [3.05, 3.63) is 36.0 Å². The van der Waals surface area contributed by atoms with E-state index in [1.54, 1.807) is 0 Å². The van der Waals surface area contributed by atoms with Crippen LogP contribution in [-0.4, -0.2) is 42.0 Å². The van der Waals surface area contributed by atoms with Crippen LogP contribution in [-0.2, 0) is 16.1 Å². The Hall–Kier alpha value is -1.85. The number of aromatic nitrogens is 1. The summed E-state index contributed by atoms with van der Waals surface area (Å²) in [6, 6.07) is 7.97. The SMILES string of the molecule is O=C(Cc1c[nH]c2ccccc12)NOCCN1CCCC1. The van der Waals surface area contributed by atoms with Crippen molar-refractivity contribution in [2.24, 2.45) is 0 Å². The van der Waals surface area contributed by atoms with Gasteiger partial charge in [0.15, 0.2) is 0 Å². The second-order valence-electron chi connectivity index (χ2n) is 5.46. The van der Waals surface area contributed by atoms with E-state index in [0.717, 1.165) is 36.1 Å². The zero-order valence-corrected chi connectivity index (χ0v) is 12.1. The summed E-state index contributed by atoms with van der Waals surface area (Å²) in [5.41, 5.74) is 4.57. The molecule has 1 amide bonds. The first-order chi connectivity index (χ1) is 10.3. The lowest BCUT2D eigenvalue weighted by Crippen LogP contribution is -2.30. The van der Waals surface area contributed by atoms with Crippen molar-refractivity contribution in [1.29, 1.82) is 0 Å². The number of nitrogens with zero attached hydrogens (tertiary/aromatic N) is 1. The highest BCUT2D eigenvalue weighted by molar-refractivity contribution is 5.88. The first-order valence-corrected chi connectivity index (χ1v) is 7.51. The van der Waals surface area contributed by atoms with Crippen LogP contribution in [0.2, 0.25) is 0 Å². The molecule has 112 valence electrons. The second-order valence-corrected chi connectivity index (χ2v) is 5.46. The number of benzene rings is 1. The third-order valence-corrected chi connectivity index (χ3v) is 3.92. The van der Waals surface area contributed by atoms with E-state index in [-0.39, 0.29) is 5.91 Å². The molecule has 2 heterocycles. The average Bonchev–Trinajstić information content (AvgIpc) is 3.14. The van der Waals surface area contributed by atoms with Crippen molar-refractivity contribution in [1.82, 2.24) is 15.4 Å². The van der Waals surface area contributed by atoms with E-state index < -0.39 is 0 Å². The number of hydroxylamine groups is 1. The van der Waals surface area contributed by atoms with Crippen LogP contribution in [0.5, 0.6) is 0 Å². The maximum absolute atomic E-state index is 11.9. The Morgan fingerprint density at radius 1 is 1.29 bits per heavy atom. The van der Waals surface area contributed by atoms with Crippen LogP contribution in [0.3, 0.4) is 0 Å². The molecule has 0 spiro atoms. The maximum atomic E-state index is 11.9. The molecule has 1 fully saturated rings. The van der Waals surface area contributed by atoms with E-state index in [4.69, 9.17) is 4.84 Å². The molecule has 5 heteroatoms. The van der Waals surface area contributed by atoms with Crippen molar-refractivity contribution >= 4 is 16.8 Å². The van der Waals surface area contributed by atoms with E-state index in [9.17, 15) is 4.79 Å². The monoisotopic (exact) mass is 287 g/mol. The molecule has 3 rings (SSSR count). The van der Waals surface area contributed by atoms with E-state index in [1.165, 1.54) is 12.8 Å². The molecule has 2 aromatic rings. The molecule has 1 aromatic carbocycles. The van der Waals surface area contributed by atoms with Gasteiger partial charge in [-0.1, -0.05) is 18.2 Å². The standard InChI is InChI=1S/C16H21N3O2/c20-16(18-21-10-9-19-7-3-4-8-19)11-13-12-17-15-6-2-1-5-14(13)15/h1-2,5-6,12,17H,3-4,7-11H2,(H,18,20). The smallest absolute Gasteiger partial charge is 0.248 e. The van der Waals surface area contributed by atoms with Gasteiger partial charge in [-0.05, 0) is 37.6 Å². The van der Waals surface area contributed by atoms with Crippen LogP contribution in [0, 0.1) is 0 Å². The van der Waals surface area contributed by atoms with Crippen LogP contribution in [0.25, 0.3) is 10.9 Å². The number of carbonyl (C=O) groups is 1. The fourth-order valence-corrected chi connectivity index (χ4v) is 2.80. The fraction of sp³-hybridized carbons (Fsp3) is 0.438. The first kappa shape index (κ1) is 14.1. The highest BCUT2D eigenvalue weighted by atomic mass is 16.6. The largest absolute Gasteiger partial charge is 0.361 e. The molecule has 21 heavy (non-hydrogen) atoms. The lowest BCUT2D eigenvalue weighted by atomic mass is 10.1. The molecule has 0 bridgehead atoms. The molecule has 1 aromatic heterocycles. The van der Waals surface area contributed by atoms with Gasteiger partial charge in [-0.15, -0.1) is 0 Å². The fourth-order valence-electron chi connectivity index (χ4n) is 2.80. The third-order valence-electron chi connectivity index (χ3n) is 3.92. The van der Waals surface area contributed by atoms with Crippen molar-refractivity contribution in [2.75, 3.05) is 26.2 Å². The zero-order valence-electron chi connectivity index (χ0n) is 12.1. The number of aromatic amines is 1. The van der Waals surface area contributed by atoms with Gasteiger partial charge in [-0.3, -0.25) is 9.63 Å². The molecule has 1 aliphatic rings. The van der Waals surface area contributed by atoms with Gasteiger partial charge >= 0.3 is 0 Å². The molecule has 0 aliphatic carbocycles. The average molecular weight is 287 g/mol. The number of rotatable bonds is 6. The number of likely N-dealkylation sites (tertiary alicyclic amines) is 1. The molecule has 1 saturated heterocycles. The lowest BCUT2D eigenvalue weighted by Gasteiger charge is -2.14. The number of hydrogen-bond donors (Lipinski definition) is 2. The number of hydrogen-bond acceptors (Lipinski definition) is 3. The Labute approximate surface area is 124 Å². The normalized spacial score (nSPS) is 15.6. The van der Waals surface area contributed by atoms with Crippen LogP contribution in [0.4, 0.5) is 0 Å². The van der Waals surface area contributed by atoms with Crippen LogP contribution >= 0.6 is 0 Å². The predicted molar refractivity (Wildman–Crippen MR) is 81.8 cm³/mol.